The van der Waals surface area contributed by atoms with Gasteiger partial charge in [-0.3, -0.25) is 0 Å². The van der Waals surface area contributed by atoms with Gasteiger partial charge < -0.3 is 9.13 Å². The van der Waals surface area contributed by atoms with E-state index < -0.39 is 5.92 Å². The first kappa shape index (κ1) is 24.8. The van der Waals surface area contributed by atoms with Crippen molar-refractivity contribution in [2.75, 3.05) is 0 Å². The molecule has 6 aromatic rings. The summed E-state index contributed by atoms with van der Waals surface area (Å²) >= 11 is 0. The Kier molecular flexibility index (Phi) is 5.65. The molecule has 200 valence electrons. The predicted molar refractivity (Wildman–Crippen MR) is 174 cm³/mol. The summed E-state index contributed by atoms with van der Waals surface area (Å²) in [7, 11) is 0. The maximum atomic E-state index is 10.6. The average Bonchev–Trinajstić information content (AvgIpc) is 3.44. The molecule has 4 nitrogen and oxygen atoms in total. The molecular weight excluding hydrogens is 524 g/mol. The van der Waals surface area contributed by atoms with Crippen molar-refractivity contribution in [3.8, 4) is 29.7 Å². The lowest BCUT2D eigenvalue weighted by Gasteiger charge is -2.26. The van der Waals surface area contributed by atoms with Crippen LogP contribution >= 0.6 is 0 Å². The highest BCUT2D eigenvalue weighted by Gasteiger charge is 2.29. The monoisotopic (exact) mass is 548 g/mol. The van der Waals surface area contributed by atoms with Crippen LogP contribution in [0.15, 0.2) is 115 Å². The van der Waals surface area contributed by atoms with E-state index in [4.69, 9.17) is 0 Å². The van der Waals surface area contributed by atoms with Crippen LogP contribution in [0.2, 0.25) is 0 Å². The molecule has 0 saturated carbocycles. The number of hydrogen-bond donors (Lipinski definition) is 0. The molecule has 43 heavy (non-hydrogen) atoms. The Balaban J connectivity index is 1.51. The Morgan fingerprint density at radius 3 is 2.05 bits per heavy atom. The van der Waals surface area contributed by atoms with Crippen LogP contribution in [0.1, 0.15) is 29.7 Å². The number of nitrogens with zero attached hydrogens (tertiary/aromatic N) is 4. The van der Waals surface area contributed by atoms with E-state index in [9.17, 15) is 10.5 Å². The van der Waals surface area contributed by atoms with Gasteiger partial charge in [-0.25, -0.2) is 0 Å². The third-order valence-corrected chi connectivity index (χ3v) is 8.52. The van der Waals surface area contributed by atoms with Crippen LogP contribution in [0.3, 0.4) is 0 Å². The van der Waals surface area contributed by atoms with Crippen molar-refractivity contribution in [3.05, 3.63) is 132 Å². The van der Waals surface area contributed by atoms with E-state index in [0.717, 1.165) is 66.5 Å². The number of fused-ring (bicyclic) bond motifs is 6. The fraction of sp³-hybridized carbons (Fsp3) is 0.0769. The van der Waals surface area contributed by atoms with Crippen molar-refractivity contribution in [3.63, 3.8) is 0 Å². The summed E-state index contributed by atoms with van der Waals surface area (Å²) in [4.78, 5) is 0. The minimum atomic E-state index is -0.421. The maximum Gasteiger partial charge on any atom is 0.105 e. The van der Waals surface area contributed by atoms with Gasteiger partial charge in [0.25, 0.3) is 0 Å². The van der Waals surface area contributed by atoms with Gasteiger partial charge in [-0.2, -0.15) is 10.5 Å². The van der Waals surface area contributed by atoms with Gasteiger partial charge in [0.15, 0.2) is 0 Å². The van der Waals surface area contributed by atoms with Crippen LogP contribution in [-0.2, 0) is 0 Å². The third kappa shape index (κ3) is 3.70. The topological polar surface area (TPSA) is 57.4 Å². The van der Waals surface area contributed by atoms with Crippen LogP contribution in [0.4, 0.5) is 0 Å². The molecule has 2 aliphatic carbocycles. The van der Waals surface area contributed by atoms with Crippen LogP contribution in [-0.4, -0.2) is 9.13 Å². The summed E-state index contributed by atoms with van der Waals surface area (Å²) in [5, 5.41) is 24.1. The molecule has 0 saturated heterocycles. The first-order chi connectivity index (χ1) is 21.3. The quantitative estimate of drug-likeness (QED) is 0.207. The highest BCUT2D eigenvalue weighted by atomic mass is 15.0. The molecule has 2 aromatic heterocycles. The molecule has 8 rings (SSSR count). The minimum Gasteiger partial charge on any atom is -0.308 e. The summed E-state index contributed by atoms with van der Waals surface area (Å²) in [5.41, 5.74) is 9.46. The number of nitriles is 2. The highest BCUT2D eigenvalue weighted by Crippen LogP contribution is 2.44. The summed E-state index contributed by atoms with van der Waals surface area (Å²) < 4.78 is 4.47. The first-order valence-corrected chi connectivity index (χ1v) is 14.4. The second-order valence-corrected chi connectivity index (χ2v) is 10.9. The van der Waals surface area contributed by atoms with Crippen molar-refractivity contribution in [2.45, 2.75) is 12.8 Å². The van der Waals surface area contributed by atoms with Crippen molar-refractivity contribution in [1.29, 1.82) is 10.5 Å². The number of para-hydroxylation sites is 4. The molecule has 0 spiro atoms. The highest BCUT2D eigenvalue weighted by molar-refractivity contribution is 6.13. The molecule has 4 heteroatoms. The van der Waals surface area contributed by atoms with Gasteiger partial charge in [0, 0.05) is 33.7 Å². The van der Waals surface area contributed by atoms with Crippen LogP contribution in [0.25, 0.3) is 55.7 Å². The molecule has 0 bridgehead atoms. The van der Waals surface area contributed by atoms with E-state index in [1.807, 2.05) is 30.3 Å². The lowest BCUT2D eigenvalue weighted by atomic mass is 9.84. The fourth-order valence-electron chi connectivity index (χ4n) is 6.75. The second kappa shape index (κ2) is 9.81. The van der Waals surface area contributed by atoms with Crippen molar-refractivity contribution in [1.82, 2.24) is 9.13 Å². The number of allylic oxidation sites excluding steroid dienone is 5. The number of benzene rings is 4. The normalized spacial score (nSPS) is 15.9. The second-order valence-electron chi connectivity index (χ2n) is 10.9. The molecule has 0 radical (unpaired) electrons. The van der Waals surface area contributed by atoms with Gasteiger partial charge in [-0.15, -0.1) is 0 Å². The minimum absolute atomic E-state index is 0.421. The van der Waals surface area contributed by atoms with Crippen LogP contribution < -0.4 is 0 Å². The summed E-state index contributed by atoms with van der Waals surface area (Å²) in [5.74, 6) is 6.34. The molecule has 1 atom stereocenters. The van der Waals surface area contributed by atoms with Gasteiger partial charge in [-0.05, 0) is 48.3 Å². The lowest BCUT2D eigenvalue weighted by Crippen LogP contribution is -2.13. The van der Waals surface area contributed by atoms with Crippen molar-refractivity contribution < 1.29 is 0 Å². The average molecular weight is 549 g/mol. The number of aromatic nitrogens is 2. The van der Waals surface area contributed by atoms with Crippen molar-refractivity contribution >= 4 is 50.1 Å². The summed E-state index contributed by atoms with van der Waals surface area (Å²) in [6.45, 7) is 0. The molecule has 0 amide bonds. The van der Waals surface area contributed by atoms with Crippen LogP contribution in [0, 0.1) is 40.4 Å². The summed E-state index contributed by atoms with van der Waals surface area (Å²) in [6, 6.07) is 38.3. The van der Waals surface area contributed by atoms with E-state index in [1.54, 1.807) is 0 Å². The molecular formula is C39H24N4. The van der Waals surface area contributed by atoms with E-state index >= 15 is 0 Å². The van der Waals surface area contributed by atoms with Gasteiger partial charge in [0.2, 0.25) is 0 Å². The predicted octanol–water partition coefficient (Wildman–Crippen LogP) is 8.87. The zero-order valence-corrected chi connectivity index (χ0v) is 23.3. The Morgan fingerprint density at radius 1 is 0.721 bits per heavy atom. The van der Waals surface area contributed by atoms with Crippen molar-refractivity contribution in [2.24, 2.45) is 5.92 Å². The van der Waals surface area contributed by atoms with Gasteiger partial charge in [0.1, 0.15) is 11.8 Å². The maximum absolute atomic E-state index is 10.6. The Hall–Kier alpha value is -6.02. The Morgan fingerprint density at radius 2 is 1.35 bits per heavy atom. The van der Waals surface area contributed by atoms with Crippen LogP contribution in [0.5, 0.6) is 0 Å². The van der Waals surface area contributed by atoms with E-state index in [2.05, 4.69) is 118 Å². The number of hydrogen-bond acceptors (Lipinski definition) is 2. The van der Waals surface area contributed by atoms with Gasteiger partial charge in [-0.1, -0.05) is 90.9 Å². The lowest BCUT2D eigenvalue weighted by molar-refractivity contribution is 0.841. The molecule has 0 fully saturated rings. The molecule has 0 N–H and O–H groups in total. The molecule has 1 unspecified atom stereocenters. The molecule has 4 aromatic carbocycles. The molecule has 2 heterocycles. The molecule has 0 aliphatic heterocycles. The first-order valence-electron chi connectivity index (χ1n) is 14.4. The fourth-order valence-corrected chi connectivity index (χ4v) is 6.75. The summed E-state index contributed by atoms with van der Waals surface area (Å²) in [6.07, 6.45) is 7.30. The van der Waals surface area contributed by atoms with E-state index in [0.29, 0.717) is 18.4 Å². The smallest absolute Gasteiger partial charge is 0.105 e. The van der Waals surface area contributed by atoms with E-state index in [1.165, 1.54) is 0 Å². The Bertz CT molecular complexity index is 2330. The third-order valence-electron chi connectivity index (χ3n) is 8.52. The SMILES string of the molecule is N#CC1=CC(C#N)CC(c2ccccc2-n2c3c(c4ccccc42)C=CCC#C3)=C1n1c2ccccc2c2ccccc21. The zero-order valence-electron chi connectivity index (χ0n) is 23.3. The zero-order chi connectivity index (χ0) is 28.9. The van der Waals surface area contributed by atoms with Gasteiger partial charge >= 0.3 is 0 Å². The standard InChI is InChI=1S/C39H24N4/c40-24-26-22-27(25-41)39(43-37-20-10-5-14-30(37)31-15-6-11-21-38(31)43)33(23-26)32-16-7-9-19-36(32)42-34-17-3-1-2-12-28(34)29-13-4-8-18-35(29)42/h2,4-16,18-22,26H,1,23H2. The van der Waals surface area contributed by atoms with Gasteiger partial charge in [0.05, 0.1) is 45.5 Å². The van der Waals surface area contributed by atoms with E-state index in [-0.39, 0.29) is 0 Å². The molecule has 2 aliphatic rings. The number of rotatable bonds is 3. The largest absolute Gasteiger partial charge is 0.308 e. The Labute approximate surface area is 249 Å².